The minimum absolute atomic E-state index is 0.0371. The van der Waals surface area contributed by atoms with E-state index in [0.29, 0.717) is 0 Å². The molecule has 0 heterocycles. The molecule has 2 N–H and O–H groups in total. The fourth-order valence-corrected chi connectivity index (χ4v) is 1.42. The van der Waals surface area contributed by atoms with Gasteiger partial charge in [0.1, 0.15) is 11.5 Å². The summed E-state index contributed by atoms with van der Waals surface area (Å²) >= 11 is 0. The third-order valence-corrected chi connectivity index (χ3v) is 2.61. The van der Waals surface area contributed by atoms with Crippen LogP contribution in [0.1, 0.15) is 38.8 Å². The first-order valence-corrected chi connectivity index (χ1v) is 5.68. The third kappa shape index (κ3) is 3.14. The molecule has 1 unspecified atom stereocenters. The summed E-state index contributed by atoms with van der Waals surface area (Å²) in [5.41, 5.74) is 6.92. The zero-order chi connectivity index (χ0) is 12.1. The molecule has 3 nitrogen and oxygen atoms in total. The Morgan fingerprint density at radius 3 is 2.50 bits per heavy atom. The molecule has 16 heavy (non-hydrogen) atoms. The van der Waals surface area contributed by atoms with Crippen molar-refractivity contribution in [1.82, 2.24) is 0 Å². The third-order valence-electron chi connectivity index (χ3n) is 2.61. The molecule has 1 aromatic rings. The van der Waals surface area contributed by atoms with Crippen LogP contribution in [0.25, 0.3) is 0 Å². The summed E-state index contributed by atoms with van der Waals surface area (Å²) in [6.07, 6.45) is 1.15. The predicted molar refractivity (Wildman–Crippen MR) is 66.0 cm³/mol. The Morgan fingerprint density at radius 1 is 1.31 bits per heavy atom. The number of hydrogen-bond donors (Lipinski definition) is 1. The fourth-order valence-electron chi connectivity index (χ4n) is 1.42. The summed E-state index contributed by atoms with van der Waals surface area (Å²) in [6.45, 7) is 6.09. The van der Waals surface area contributed by atoms with Crippen LogP contribution in [0.4, 0.5) is 0 Å². The molecule has 0 amide bonds. The molecule has 0 aliphatic carbocycles. The lowest BCUT2D eigenvalue weighted by molar-refractivity contribution is 0.213. The number of nitrogens with two attached hydrogens (primary N) is 1. The van der Waals surface area contributed by atoms with E-state index in [1.54, 1.807) is 7.11 Å². The van der Waals surface area contributed by atoms with Crippen molar-refractivity contribution >= 4 is 0 Å². The average molecular weight is 223 g/mol. The average Bonchev–Trinajstić information content (AvgIpc) is 2.28. The minimum atomic E-state index is -0.0371. The Kier molecular flexibility index (Phi) is 4.62. The summed E-state index contributed by atoms with van der Waals surface area (Å²) < 4.78 is 11.0. The van der Waals surface area contributed by atoms with Crippen LogP contribution < -0.4 is 15.2 Å². The van der Waals surface area contributed by atoms with Crippen LogP contribution in [0.5, 0.6) is 11.5 Å². The fraction of sp³-hybridized carbons (Fsp3) is 0.538. The largest absolute Gasteiger partial charge is 0.497 e. The van der Waals surface area contributed by atoms with Gasteiger partial charge in [0.2, 0.25) is 0 Å². The molecule has 3 heteroatoms. The van der Waals surface area contributed by atoms with E-state index in [-0.39, 0.29) is 12.1 Å². The van der Waals surface area contributed by atoms with Gasteiger partial charge in [-0.25, -0.2) is 0 Å². The first-order valence-electron chi connectivity index (χ1n) is 5.68. The molecule has 0 fully saturated rings. The molecule has 0 aliphatic heterocycles. The lowest BCUT2D eigenvalue weighted by atomic mass is 10.1. The van der Waals surface area contributed by atoms with Gasteiger partial charge in [0.15, 0.2) is 0 Å². The van der Waals surface area contributed by atoms with Crippen LogP contribution >= 0.6 is 0 Å². The molecule has 0 spiro atoms. The number of hydrogen-bond acceptors (Lipinski definition) is 3. The normalized spacial score (nSPS) is 14.3. The highest BCUT2D eigenvalue weighted by atomic mass is 16.5. The smallest absolute Gasteiger partial charge is 0.128 e. The quantitative estimate of drug-likeness (QED) is 0.834. The topological polar surface area (TPSA) is 44.5 Å². The van der Waals surface area contributed by atoms with E-state index in [4.69, 9.17) is 15.2 Å². The second-order valence-electron chi connectivity index (χ2n) is 4.03. The monoisotopic (exact) mass is 223 g/mol. The van der Waals surface area contributed by atoms with Crippen molar-refractivity contribution in [2.45, 2.75) is 39.3 Å². The SMILES string of the molecule is CCC(C)Oc1cc(OC)ccc1[C@@H](C)N. The Morgan fingerprint density at radius 2 is 2.00 bits per heavy atom. The maximum absolute atomic E-state index is 5.90. The summed E-state index contributed by atoms with van der Waals surface area (Å²) in [4.78, 5) is 0. The molecule has 0 bridgehead atoms. The van der Waals surface area contributed by atoms with E-state index in [2.05, 4.69) is 6.92 Å². The van der Waals surface area contributed by atoms with Crippen molar-refractivity contribution in [3.63, 3.8) is 0 Å². The van der Waals surface area contributed by atoms with Gasteiger partial charge in [0.05, 0.1) is 13.2 Å². The van der Waals surface area contributed by atoms with E-state index >= 15 is 0 Å². The van der Waals surface area contributed by atoms with Crippen molar-refractivity contribution < 1.29 is 9.47 Å². The molecule has 0 aliphatic rings. The van der Waals surface area contributed by atoms with Gasteiger partial charge in [-0.05, 0) is 26.3 Å². The molecule has 1 aromatic carbocycles. The van der Waals surface area contributed by atoms with Crippen molar-refractivity contribution in [2.75, 3.05) is 7.11 Å². The zero-order valence-corrected chi connectivity index (χ0v) is 10.5. The van der Waals surface area contributed by atoms with Crippen molar-refractivity contribution in [3.8, 4) is 11.5 Å². The lowest BCUT2D eigenvalue weighted by Crippen LogP contribution is -2.14. The summed E-state index contributed by atoms with van der Waals surface area (Å²) in [6, 6.07) is 5.72. The first kappa shape index (κ1) is 12.8. The molecule has 0 aromatic heterocycles. The molecule has 90 valence electrons. The van der Waals surface area contributed by atoms with Crippen molar-refractivity contribution in [2.24, 2.45) is 5.73 Å². The Labute approximate surface area is 97.6 Å². The van der Waals surface area contributed by atoms with E-state index < -0.39 is 0 Å². The van der Waals surface area contributed by atoms with E-state index in [9.17, 15) is 0 Å². The van der Waals surface area contributed by atoms with Crippen LogP contribution in [0.2, 0.25) is 0 Å². The molecule has 2 atom stereocenters. The van der Waals surface area contributed by atoms with Crippen LogP contribution in [0, 0.1) is 0 Å². The number of rotatable bonds is 5. The Bertz CT molecular complexity index is 337. The molecule has 0 saturated carbocycles. The highest BCUT2D eigenvalue weighted by molar-refractivity contribution is 5.42. The second kappa shape index (κ2) is 5.75. The molecule has 0 radical (unpaired) electrons. The van der Waals surface area contributed by atoms with Gasteiger partial charge in [-0.2, -0.15) is 0 Å². The highest BCUT2D eigenvalue weighted by Crippen LogP contribution is 2.29. The predicted octanol–water partition coefficient (Wildman–Crippen LogP) is 2.89. The summed E-state index contributed by atoms with van der Waals surface area (Å²) in [5.74, 6) is 1.62. The van der Waals surface area contributed by atoms with E-state index in [1.165, 1.54) is 0 Å². The van der Waals surface area contributed by atoms with Gasteiger partial charge in [0.25, 0.3) is 0 Å². The zero-order valence-electron chi connectivity index (χ0n) is 10.5. The van der Waals surface area contributed by atoms with Gasteiger partial charge >= 0.3 is 0 Å². The minimum Gasteiger partial charge on any atom is -0.497 e. The number of benzene rings is 1. The Hall–Kier alpha value is -1.22. The van der Waals surface area contributed by atoms with Gasteiger partial charge in [-0.1, -0.05) is 13.0 Å². The van der Waals surface area contributed by atoms with E-state index in [1.807, 2.05) is 32.0 Å². The standard InChI is InChI=1S/C13H21NO2/c1-5-9(2)16-13-8-11(15-4)6-7-12(13)10(3)14/h6-10H,5,14H2,1-4H3/t9?,10-/m1/s1. The van der Waals surface area contributed by atoms with Gasteiger partial charge < -0.3 is 15.2 Å². The maximum Gasteiger partial charge on any atom is 0.128 e. The van der Waals surface area contributed by atoms with Crippen molar-refractivity contribution in [3.05, 3.63) is 23.8 Å². The number of ether oxygens (including phenoxy) is 2. The Balaban J connectivity index is 3.00. The van der Waals surface area contributed by atoms with Crippen LogP contribution in [-0.2, 0) is 0 Å². The molecule has 1 rings (SSSR count). The molecular weight excluding hydrogens is 202 g/mol. The lowest BCUT2D eigenvalue weighted by Gasteiger charge is -2.18. The number of methoxy groups -OCH3 is 1. The second-order valence-corrected chi connectivity index (χ2v) is 4.03. The summed E-state index contributed by atoms with van der Waals surface area (Å²) in [7, 11) is 1.65. The maximum atomic E-state index is 5.90. The van der Waals surface area contributed by atoms with Crippen molar-refractivity contribution in [1.29, 1.82) is 0 Å². The van der Waals surface area contributed by atoms with E-state index in [0.717, 1.165) is 23.5 Å². The van der Waals surface area contributed by atoms with Gasteiger partial charge in [-0.15, -0.1) is 0 Å². The molecular formula is C13H21NO2. The van der Waals surface area contributed by atoms with Crippen LogP contribution in [-0.4, -0.2) is 13.2 Å². The summed E-state index contributed by atoms with van der Waals surface area (Å²) in [5, 5.41) is 0. The van der Waals surface area contributed by atoms with Crippen LogP contribution in [0.15, 0.2) is 18.2 Å². The van der Waals surface area contributed by atoms with Gasteiger partial charge in [0, 0.05) is 17.7 Å². The highest BCUT2D eigenvalue weighted by Gasteiger charge is 2.11. The molecule has 0 saturated heterocycles. The van der Waals surface area contributed by atoms with Gasteiger partial charge in [-0.3, -0.25) is 0 Å². The van der Waals surface area contributed by atoms with Crippen LogP contribution in [0.3, 0.4) is 0 Å². The first-order chi connectivity index (χ1) is 7.58.